The summed E-state index contributed by atoms with van der Waals surface area (Å²) in [6, 6.07) is 0. The van der Waals surface area contributed by atoms with E-state index in [0.717, 1.165) is 45.1 Å². The average Bonchev–Trinajstić information content (AvgIpc) is 2.81. The highest BCUT2D eigenvalue weighted by atomic mass is 16.5. The maximum Gasteiger partial charge on any atom is 0.305 e. The van der Waals surface area contributed by atoms with Gasteiger partial charge >= 0.3 is 5.97 Å². The molecule has 19 heavy (non-hydrogen) atoms. The molecule has 0 aromatic heterocycles. The molecule has 1 saturated heterocycles. The predicted molar refractivity (Wildman–Crippen MR) is 69.8 cm³/mol. The summed E-state index contributed by atoms with van der Waals surface area (Å²) in [5, 5.41) is 12.1. The van der Waals surface area contributed by atoms with Gasteiger partial charge in [0.05, 0.1) is 12.0 Å². The molecule has 1 aliphatic carbocycles. The standard InChI is InChI=1S/C14H23NO4/c16-12(8-11-4-7-19-10-11)15-14(9-13(17)18)5-2-1-3-6-14/h11H,1-10H2,(H,15,16)(H,17,18)/t11-/m0/s1. The van der Waals surface area contributed by atoms with Crippen molar-refractivity contribution in [2.45, 2.75) is 56.9 Å². The van der Waals surface area contributed by atoms with Crippen molar-refractivity contribution in [1.29, 1.82) is 0 Å². The van der Waals surface area contributed by atoms with Gasteiger partial charge in [-0.2, -0.15) is 0 Å². The van der Waals surface area contributed by atoms with Crippen molar-refractivity contribution in [2.24, 2.45) is 5.92 Å². The van der Waals surface area contributed by atoms with Gasteiger partial charge < -0.3 is 15.2 Å². The van der Waals surface area contributed by atoms with E-state index in [9.17, 15) is 9.59 Å². The molecule has 5 heteroatoms. The summed E-state index contributed by atoms with van der Waals surface area (Å²) in [7, 11) is 0. The van der Waals surface area contributed by atoms with Crippen LogP contribution in [0.4, 0.5) is 0 Å². The summed E-state index contributed by atoms with van der Waals surface area (Å²) in [5.41, 5.74) is -0.513. The third kappa shape index (κ3) is 4.20. The number of hydrogen-bond acceptors (Lipinski definition) is 3. The minimum atomic E-state index is -0.827. The Kier molecular flexibility index (Phi) is 4.80. The Bertz CT molecular complexity index is 330. The monoisotopic (exact) mass is 269 g/mol. The molecule has 1 heterocycles. The molecular weight excluding hydrogens is 246 g/mol. The van der Waals surface area contributed by atoms with E-state index >= 15 is 0 Å². The summed E-state index contributed by atoms with van der Waals surface area (Å²) >= 11 is 0. The van der Waals surface area contributed by atoms with Gasteiger partial charge in [-0.15, -0.1) is 0 Å². The largest absolute Gasteiger partial charge is 0.481 e. The van der Waals surface area contributed by atoms with Crippen molar-refractivity contribution in [3.05, 3.63) is 0 Å². The van der Waals surface area contributed by atoms with E-state index in [1.54, 1.807) is 0 Å². The Morgan fingerprint density at radius 2 is 2.00 bits per heavy atom. The first-order valence-corrected chi connectivity index (χ1v) is 7.20. The lowest BCUT2D eigenvalue weighted by Gasteiger charge is -2.37. The van der Waals surface area contributed by atoms with Crippen LogP contribution in [0.25, 0.3) is 0 Å². The van der Waals surface area contributed by atoms with Crippen molar-refractivity contribution in [1.82, 2.24) is 5.32 Å². The molecule has 0 aromatic rings. The SMILES string of the molecule is O=C(O)CC1(NC(=O)C[C@@H]2CCOC2)CCCCC1. The van der Waals surface area contributed by atoms with E-state index in [0.29, 0.717) is 18.9 Å². The highest BCUT2D eigenvalue weighted by Crippen LogP contribution is 2.31. The van der Waals surface area contributed by atoms with Gasteiger partial charge in [-0.25, -0.2) is 0 Å². The molecule has 1 atom stereocenters. The van der Waals surface area contributed by atoms with Crippen LogP contribution < -0.4 is 5.32 Å². The summed E-state index contributed by atoms with van der Waals surface area (Å²) in [4.78, 5) is 23.1. The summed E-state index contributed by atoms with van der Waals surface area (Å²) in [5.74, 6) is -0.546. The molecule has 0 spiro atoms. The molecule has 0 radical (unpaired) electrons. The first kappa shape index (κ1) is 14.3. The first-order chi connectivity index (χ1) is 9.10. The molecule has 2 aliphatic rings. The van der Waals surface area contributed by atoms with Crippen LogP contribution in [-0.4, -0.2) is 35.7 Å². The van der Waals surface area contributed by atoms with Crippen LogP contribution >= 0.6 is 0 Å². The second kappa shape index (κ2) is 6.37. The molecular formula is C14H23NO4. The van der Waals surface area contributed by atoms with E-state index in [2.05, 4.69) is 5.32 Å². The van der Waals surface area contributed by atoms with E-state index in [1.165, 1.54) is 0 Å². The summed E-state index contributed by atoms with van der Waals surface area (Å²) in [6.45, 7) is 1.39. The zero-order valence-corrected chi connectivity index (χ0v) is 11.3. The van der Waals surface area contributed by atoms with Gasteiger partial charge in [0, 0.05) is 19.6 Å². The van der Waals surface area contributed by atoms with Crippen LogP contribution in [0, 0.1) is 5.92 Å². The second-order valence-electron chi connectivity index (χ2n) is 5.89. The first-order valence-electron chi connectivity index (χ1n) is 7.20. The molecule has 0 aromatic carbocycles. The van der Waals surface area contributed by atoms with E-state index in [1.807, 2.05) is 0 Å². The Morgan fingerprint density at radius 1 is 1.26 bits per heavy atom. The lowest BCUT2D eigenvalue weighted by atomic mass is 9.79. The van der Waals surface area contributed by atoms with Crippen LogP contribution in [0.15, 0.2) is 0 Å². The number of carbonyl (C=O) groups is 2. The van der Waals surface area contributed by atoms with E-state index in [-0.39, 0.29) is 12.3 Å². The molecule has 0 unspecified atom stereocenters. The number of amides is 1. The molecule has 1 amide bonds. The van der Waals surface area contributed by atoms with Gasteiger partial charge in [-0.3, -0.25) is 9.59 Å². The number of ether oxygens (including phenoxy) is 1. The highest BCUT2D eigenvalue weighted by molar-refractivity contribution is 5.78. The quantitative estimate of drug-likeness (QED) is 0.796. The Labute approximate surface area is 113 Å². The van der Waals surface area contributed by atoms with Gasteiger partial charge in [0.15, 0.2) is 0 Å². The van der Waals surface area contributed by atoms with Crippen LogP contribution in [0.5, 0.6) is 0 Å². The molecule has 2 fully saturated rings. The van der Waals surface area contributed by atoms with Crippen LogP contribution in [0.3, 0.4) is 0 Å². The van der Waals surface area contributed by atoms with Gasteiger partial charge in [0.2, 0.25) is 5.91 Å². The van der Waals surface area contributed by atoms with Crippen LogP contribution in [0.1, 0.15) is 51.4 Å². The van der Waals surface area contributed by atoms with Gasteiger partial charge in [0.1, 0.15) is 0 Å². The van der Waals surface area contributed by atoms with Crippen LogP contribution in [-0.2, 0) is 14.3 Å². The molecule has 0 bridgehead atoms. The highest BCUT2D eigenvalue weighted by Gasteiger charge is 2.36. The van der Waals surface area contributed by atoms with Crippen molar-refractivity contribution in [2.75, 3.05) is 13.2 Å². The fourth-order valence-corrected chi connectivity index (χ4v) is 3.22. The predicted octanol–water partition coefficient (Wildman–Crippen LogP) is 1.71. The average molecular weight is 269 g/mol. The third-order valence-electron chi connectivity index (χ3n) is 4.20. The maximum absolute atomic E-state index is 12.1. The number of aliphatic carboxylic acids is 1. The summed E-state index contributed by atoms with van der Waals surface area (Å²) in [6.07, 6.45) is 6.13. The third-order valence-corrected chi connectivity index (χ3v) is 4.20. The number of hydrogen-bond donors (Lipinski definition) is 2. The van der Waals surface area contributed by atoms with Crippen molar-refractivity contribution in [3.8, 4) is 0 Å². The minimum absolute atomic E-state index is 0.0151. The molecule has 5 nitrogen and oxygen atoms in total. The summed E-state index contributed by atoms with van der Waals surface area (Å²) < 4.78 is 5.26. The van der Waals surface area contributed by atoms with Gasteiger partial charge in [-0.1, -0.05) is 19.3 Å². The zero-order valence-electron chi connectivity index (χ0n) is 11.3. The van der Waals surface area contributed by atoms with Crippen LogP contribution in [0.2, 0.25) is 0 Å². The normalized spacial score (nSPS) is 26.0. The van der Waals surface area contributed by atoms with Crippen molar-refractivity contribution < 1.29 is 19.4 Å². The van der Waals surface area contributed by atoms with Gasteiger partial charge in [0.25, 0.3) is 0 Å². The van der Waals surface area contributed by atoms with E-state index < -0.39 is 11.5 Å². The van der Waals surface area contributed by atoms with Crippen molar-refractivity contribution in [3.63, 3.8) is 0 Å². The van der Waals surface area contributed by atoms with Crippen molar-refractivity contribution >= 4 is 11.9 Å². The molecule has 1 aliphatic heterocycles. The van der Waals surface area contributed by atoms with E-state index in [4.69, 9.17) is 9.84 Å². The Balaban J connectivity index is 1.90. The lowest BCUT2D eigenvalue weighted by molar-refractivity contribution is -0.139. The lowest BCUT2D eigenvalue weighted by Crippen LogP contribution is -2.51. The Morgan fingerprint density at radius 3 is 2.58 bits per heavy atom. The number of carboxylic acids is 1. The molecule has 2 rings (SSSR count). The maximum atomic E-state index is 12.1. The zero-order chi connectivity index (χ0) is 13.7. The number of nitrogens with one attached hydrogen (secondary N) is 1. The number of carbonyl (C=O) groups excluding carboxylic acids is 1. The number of carboxylic acid groups (broad SMARTS) is 1. The van der Waals surface area contributed by atoms with Gasteiger partial charge in [-0.05, 0) is 25.2 Å². The fraction of sp³-hybridized carbons (Fsp3) is 0.857. The fourth-order valence-electron chi connectivity index (χ4n) is 3.22. The molecule has 1 saturated carbocycles. The number of rotatable bonds is 5. The Hall–Kier alpha value is -1.10. The molecule has 2 N–H and O–H groups in total. The topological polar surface area (TPSA) is 75.6 Å². The molecule has 108 valence electrons. The minimum Gasteiger partial charge on any atom is -0.481 e. The smallest absolute Gasteiger partial charge is 0.305 e. The second-order valence-corrected chi connectivity index (χ2v) is 5.89.